The molecule has 0 spiro atoms. The van der Waals surface area contributed by atoms with E-state index in [-0.39, 0.29) is 25.3 Å². The van der Waals surface area contributed by atoms with Crippen LogP contribution in [0.4, 0.5) is 0 Å². The molecule has 0 saturated carbocycles. The number of carbonyl (C=O) groups excluding carboxylic acids is 1. The van der Waals surface area contributed by atoms with Gasteiger partial charge in [0.1, 0.15) is 13.2 Å². The number of thiazole rings is 1. The minimum atomic E-state index is -0.679. The summed E-state index contributed by atoms with van der Waals surface area (Å²) in [6, 6.07) is 15.4. The minimum Gasteiger partial charge on any atom is -0.458 e. The highest BCUT2D eigenvalue weighted by molar-refractivity contribution is 7.23. The first kappa shape index (κ1) is 20.8. The van der Waals surface area contributed by atoms with Crippen molar-refractivity contribution in [1.82, 2.24) is 18.5 Å². The number of aromatic nitrogens is 4. The number of rotatable bonds is 5. The van der Waals surface area contributed by atoms with Gasteiger partial charge >= 0.3 is 11.7 Å². The molecule has 3 heterocycles. The van der Waals surface area contributed by atoms with E-state index in [0.717, 1.165) is 14.8 Å². The lowest BCUT2D eigenvalue weighted by atomic mass is 10.2. The smallest absolute Gasteiger partial charge is 0.332 e. The van der Waals surface area contributed by atoms with Gasteiger partial charge in [0.05, 0.1) is 26.8 Å². The monoisotopic (exact) mass is 462 g/mol. The first-order chi connectivity index (χ1) is 16.0. The van der Waals surface area contributed by atoms with Crippen molar-refractivity contribution in [3.8, 4) is 0 Å². The van der Waals surface area contributed by atoms with Gasteiger partial charge in [-0.2, -0.15) is 0 Å². The lowest BCUT2D eigenvalue weighted by Gasteiger charge is -2.12. The highest BCUT2D eigenvalue weighted by Crippen LogP contribution is 2.23. The summed E-state index contributed by atoms with van der Waals surface area (Å²) in [5.74, 6) is -0.679. The molecular weight excluding hydrogens is 444 g/mol. The van der Waals surface area contributed by atoms with Crippen LogP contribution in [-0.4, -0.2) is 24.5 Å². The second-order valence-electron chi connectivity index (χ2n) is 7.37. The van der Waals surface area contributed by atoms with E-state index in [1.807, 2.05) is 24.3 Å². The second kappa shape index (κ2) is 8.14. The lowest BCUT2D eigenvalue weighted by Crippen LogP contribution is -2.40. The summed E-state index contributed by atoms with van der Waals surface area (Å²) in [5.41, 5.74) is 0.203. The normalized spacial score (nSPS) is 11.4. The van der Waals surface area contributed by atoms with Crippen molar-refractivity contribution in [2.45, 2.75) is 26.6 Å². The average molecular weight is 462 g/mol. The Morgan fingerprint density at radius 1 is 1.00 bits per heavy atom. The van der Waals surface area contributed by atoms with Gasteiger partial charge in [-0.3, -0.25) is 27.9 Å². The molecule has 33 heavy (non-hydrogen) atoms. The zero-order chi connectivity index (χ0) is 23.1. The maximum absolute atomic E-state index is 12.8. The van der Waals surface area contributed by atoms with Gasteiger partial charge < -0.3 is 4.74 Å². The fourth-order valence-corrected chi connectivity index (χ4v) is 4.88. The number of para-hydroxylation sites is 2. The zero-order valence-corrected chi connectivity index (χ0v) is 18.4. The van der Waals surface area contributed by atoms with Crippen LogP contribution < -0.4 is 16.8 Å². The molecule has 0 amide bonds. The largest absolute Gasteiger partial charge is 0.458 e. The highest BCUT2D eigenvalue weighted by Gasteiger charge is 2.16. The van der Waals surface area contributed by atoms with Crippen LogP contribution in [-0.2, 0) is 29.2 Å². The van der Waals surface area contributed by atoms with Crippen LogP contribution in [0.15, 0.2) is 69.0 Å². The molecule has 0 aliphatic heterocycles. The van der Waals surface area contributed by atoms with E-state index in [1.165, 1.54) is 26.4 Å². The Morgan fingerprint density at radius 2 is 1.73 bits per heavy atom. The van der Waals surface area contributed by atoms with Crippen LogP contribution in [0, 0.1) is 0 Å². The third-order valence-corrected chi connectivity index (χ3v) is 6.39. The number of fused-ring (bicyclic) bond motifs is 4. The molecule has 0 bridgehead atoms. The average Bonchev–Trinajstić information content (AvgIpc) is 3.20. The second-order valence-corrected chi connectivity index (χ2v) is 8.38. The van der Waals surface area contributed by atoms with Crippen molar-refractivity contribution in [3.05, 3.63) is 91.5 Å². The molecule has 2 aromatic carbocycles. The molecular formula is C23H18N4O5S. The molecule has 5 aromatic rings. The predicted molar refractivity (Wildman–Crippen MR) is 125 cm³/mol. The zero-order valence-electron chi connectivity index (χ0n) is 17.6. The van der Waals surface area contributed by atoms with Crippen LogP contribution in [0.25, 0.3) is 26.1 Å². The van der Waals surface area contributed by atoms with Crippen LogP contribution >= 0.6 is 11.3 Å². The number of nitrogens with zero attached hydrogens (tertiary/aromatic N) is 4. The molecule has 0 fully saturated rings. The maximum Gasteiger partial charge on any atom is 0.332 e. The molecule has 0 saturated heterocycles. The van der Waals surface area contributed by atoms with Gasteiger partial charge in [0, 0.05) is 12.6 Å². The summed E-state index contributed by atoms with van der Waals surface area (Å²) in [5, 5.41) is 0.344. The third kappa shape index (κ3) is 3.54. The molecule has 0 N–H and O–H groups in total. The fraction of sp³-hybridized carbons (Fsp3) is 0.174. The Balaban J connectivity index is 1.43. The topological polar surface area (TPSA) is 105 Å². The van der Waals surface area contributed by atoms with Gasteiger partial charge in [-0.1, -0.05) is 35.6 Å². The molecule has 0 unspecified atom stereocenters. The summed E-state index contributed by atoms with van der Waals surface area (Å²) < 4.78 is 10.1. The lowest BCUT2D eigenvalue weighted by molar-refractivity contribution is -0.145. The maximum atomic E-state index is 12.8. The summed E-state index contributed by atoms with van der Waals surface area (Å²) >= 11 is 1.37. The minimum absolute atomic E-state index is 0.181. The molecule has 5 rings (SSSR count). The van der Waals surface area contributed by atoms with E-state index in [9.17, 15) is 19.2 Å². The standard InChI is InChI=1S/C23H18N4O5S/c1-2-25-21(30)15-7-3-4-8-16(15)26(23(25)31)12-20(29)32-13-14-11-19(28)27-17-9-5-6-10-18(17)33-22(27)24-14/h3-11H,2,12-13H2,1H3. The third-order valence-electron chi connectivity index (χ3n) is 5.37. The van der Waals surface area contributed by atoms with Gasteiger partial charge in [0.2, 0.25) is 0 Å². The molecule has 3 aromatic heterocycles. The molecule has 0 aliphatic carbocycles. The van der Waals surface area contributed by atoms with E-state index >= 15 is 0 Å². The van der Waals surface area contributed by atoms with E-state index in [4.69, 9.17) is 4.74 Å². The summed E-state index contributed by atoms with van der Waals surface area (Å²) in [7, 11) is 0. The molecule has 166 valence electrons. The number of carbonyl (C=O) groups is 1. The van der Waals surface area contributed by atoms with Gasteiger partial charge in [0.25, 0.3) is 11.1 Å². The number of benzene rings is 2. The fourth-order valence-electron chi connectivity index (χ4n) is 3.83. The molecule has 0 atom stereocenters. The van der Waals surface area contributed by atoms with Crippen molar-refractivity contribution in [2.24, 2.45) is 0 Å². The highest BCUT2D eigenvalue weighted by atomic mass is 32.1. The summed E-state index contributed by atoms with van der Waals surface area (Å²) in [6.07, 6.45) is 0. The van der Waals surface area contributed by atoms with Gasteiger partial charge in [-0.05, 0) is 31.2 Å². The van der Waals surface area contributed by atoms with Crippen molar-refractivity contribution in [2.75, 3.05) is 0 Å². The van der Waals surface area contributed by atoms with Gasteiger partial charge in [-0.15, -0.1) is 0 Å². The molecule has 0 radical (unpaired) electrons. The summed E-state index contributed by atoms with van der Waals surface area (Å²) in [4.78, 5) is 55.5. The Hall–Kier alpha value is -4.05. The van der Waals surface area contributed by atoms with Crippen LogP contribution in [0.5, 0.6) is 0 Å². The van der Waals surface area contributed by atoms with E-state index in [1.54, 1.807) is 31.2 Å². The Bertz CT molecular complexity index is 1730. The van der Waals surface area contributed by atoms with Crippen molar-refractivity contribution in [3.63, 3.8) is 0 Å². The predicted octanol–water partition coefficient (Wildman–Crippen LogP) is 2.15. The Labute approximate surface area is 189 Å². The van der Waals surface area contributed by atoms with Crippen LogP contribution in [0.2, 0.25) is 0 Å². The number of esters is 1. The molecule has 10 heteroatoms. The van der Waals surface area contributed by atoms with Gasteiger partial charge in [0.15, 0.2) is 4.96 Å². The van der Waals surface area contributed by atoms with Crippen LogP contribution in [0.1, 0.15) is 12.6 Å². The first-order valence-electron chi connectivity index (χ1n) is 10.3. The van der Waals surface area contributed by atoms with Crippen molar-refractivity contribution < 1.29 is 9.53 Å². The van der Waals surface area contributed by atoms with Crippen molar-refractivity contribution >= 4 is 43.4 Å². The number of ether oxygens (including phenoxy) is 1. The quantitative estimate of drug-likeness (QED) is 0.371. The number of hydrogen-bond acceptors (Lipinski definition) is 7. The molecule has 9 nitrogen and oxygen atoms in total. The SMILES string of the molecule is CCn1c(=O)c2ccccc2n(CC(=O)OCc2cc(=O)n3c(n2)sc2ccccc23)c1=O. The van der Waals surface area contributed by atoms with E-state index in [2.05, 4.69) is 4.98 Å². The van der Waals surface area contributed by atoms with Gasteiger partial charge in [-0.25, -0.2) is 9.78 Å². The molecule has 0 aliphatic rings. The number of hydrogen-bond donors (Lipinski definition) is 0. The Morgan fingerprint density at radius 3 is 2.52 bits per heavy atom. The van der Waals surface area contributed by atoms with E-state index in [0.29, 0.717) is 21.6 Å². The first-order valence-corrected chi connectivity index (χ1v) is 11.1. The summed E-state index contributed by atoms with van der Waals surface area (Å²) in [6.45, 7) is 1.29. The van der Waals surface area contributed by atoms with Crippen molar-refractivity contribution in [1.29, 1.82) is 0 Å². The van der Waals surface area contributed by atoms with E-state index < -0.39 is 17.2 Å². The Kier molecular flexibility index (Phi) is 5.14. The van der Waals surface area contributed by atoms with Crippen LogP contribution in [0.3, 0.4) is 0 Å².